The predicted molar refractivity (Wildman–Crippen MR) is 107 cm³/mol. The van der Waals surface area contributed by atoms with Crippen LogP contribution in [0.2, 0.25) is 0 Å². The van der Waals surface area contributed by atoms with Crippen LogP contribution in [0.3, 0.4) is 0 Å². The van der Waals surface area contributed by atoms with Gasteiger partial charge in [0.2, 0.25) is 0 Å². The van der Waals surface area contributed by atoms with E-state index in [0.29, 0.717) is 23.4 Å². The third-order valence-electron chi connectivity index (χ3n) is 10.5. The second kappa shape index (κ2) is 6.48. The first-order valence-corrected chi connectivity index (χ1v) is 11.6. The average Bonchev–Trinajstić information content (AvgIpc) is 2.99. The van der Waals surface area contributed by atoms with Crippen LogP contribution >= 0.6 is 0 Å². The van der Waals surface area contributed by atoms with Gasteiger partial charge < -0.3 is 10.2 Å². The molecule has 26 heavy (non-hydrogen) atoms. The highest BCUT2D eigenvalue weighted by atomic mass is 16.3. The molecular weight excluding hydrogens is 320 g/mol. The zero-order valence-electron chi connectivity index (χ0n) is 17.6. The van der Waals surface area contributed by atoms with Crippen LogP contribution in [-0.4, -0.2) is 22.4 Å². The van der Waals surface area contributed by atoms with Crippen LogP contribution in [0.25, 0.3) is 0 Å². The van der Waals surface area contributed by atoms with Gasteiger partial charge in [-0.1, -0.05) is 27.7 Å². The van der Waals surface area contributed by atoms with E-state index in [1.165, 1.54) is 44.9 Å². The third-order valence-corrected chi connectivity index (χ3v) is 10.5. The Morgan fingerprint density at radius 1 is 0.923 bits per heavy atom. The molecule has 0 aromatic carbocycles. The number of aliphatic hydroxyl groups excluding tert-OH is 1. The van der Waals surface area contributed by atoms with Gasteiger partial charge in [-0.05, 0) is 111 Å². The summed E-state index contributed by atoms with van der Waals surface area (Å²) < 4.78 is 0. The zero-order chi connectivity index (χ0) is 18.7. The Labute approximate surface area is 161 Å². The monoisotopic (exact) mass is 362 g/mol. The summed E-state index contributed by atoms with van der Waals surface area (Å²) in [6, 6.07) is 0. The summed E-state index contributed by atoms with van der Waals surface area (Å²) in [5, 5.41) is 20.7. The summed E-state index contributed by atoms with van der Waals surface area (Å²) >= 11 is 0. The summed E-state index contributed by atoms with van der Waals surface area (Å²) in [4.78, 5) is 0. The highest BCUT2D eigenvalue weighted by molar-refractivity contribution is 5.10. The van der Waals surface area contributed by atoms with Crippen molar-refractivity contribution < 1.29 is 10.2 Å². The molecule has 150 valence electrons. The molecule has 9 atom stereocenters. The fraction of sp³-hybridized carbons (Fsp3) is 1.00. The largest absolute Gasteiger partial charge is 0.396 e. The van der Waals surface area contributed by atoms with Gasteiger partial charge in [0, 0.05) is 6.61 Å². The molecule has 0 spiro atoms. The normalized spacial score (nSPS) is 54.9. The molecule has 0 aromatic rings. The molecule has 0 aromatic heterocycles. The van der Waals surface area contributed by atoms with Crippen molar-refractivity contribution in [1.82, 2.24) is 0 Å². The van der Waals surface area contributed by atoms with Crippen molar-refractivity contribution in [3.8, 4) is 0 Å². The van der Waals surface area contributed by atoms with Crippen molar-refractivity contribution in [1.29, 1.82) is 0 Å². The first kappa shape index (κ1) is 19.2. The summed E-state index contributed by atoms with van der Waals surface area (Å²) in [5.74, 6) is 4.58. The summed E-state index contributed by atoms with van der Waals surface area (Å²) in [5.41, 5.74) is 0.548. The number of hydrogen-bond donors (Lipinski definition) is 2. The maximum atomic E-state index is 10.9. The average molecular weight is 363 g/mol. The summed E-state index contributed by atoms with van der Waals surface area (Å²) in [6.07, 6.45) is 12.5. The smallest absolute Gasteiger partial charge is 0.0648 e. The van der Waals surface area contributed by atoms with E-state index in [-0.39, 0.29) is 5.60 Å². The lowest BCUT2D eigenvalue weighted by molar-refractivity contribution is -0.153. The molecule has 4 saturated carbocycles. The van der Waals surface area contributed by atoms with Crippen molar-refractivity contribution in [3.05, 3.63) is 0 Å². The maximum Gasteiger partial charge on any atom is 0.0648 e. The van der Waals surface area contributed by atoms with E-state index >= 15 is 0 Å². The van der Waals surface area contributed by atoms with Gasteiger partial charge in [-0.2, -0.15) is 0 Å². The van der Waals surface area contributed by atoms with Crippen molar-refractivity contribution in [2.24, 2.45) is 46.3 Å². The lowest BCUT2D eigenvalue weighted by atomic mass is 9.43. The van der Waals surface area contributed by atoms with E-state index in [0.717, 1.165) is 48.9 Å². The molecule has 0 radical (unpaired) electrons. The second-order valence-corrected chi connectivity index (χ2v) is 11.3. The molecule has 0 amide bonds. The topological polar surface area (TPSA) is 40.5 Å². The van der Waals surface area contributed by atoms with Gasteiger partial charge in [0.15, 0.2) is 0 Å². The summed E-state index contributed by atoms with van der Waals surface area (Å²) in [7, 11) is 0. The molecule has 0 bridgehead atoms. The minimum absolute atomic E-state index is 0.358. The first-order chi connectivity index (χ1) is 12.3. The van der Waals surface area contributed by atoms with E-state index in [1.807, 2.05) is 0 Å². The fourth-order valence-corrected chi connectivity index (χ4v) is 8.75. The molecule has 4 aliphatic rings. The standard InChI is InChI=1S/C24H42O2/c1-5-24(26)13-12-22(3)17(14-24)6-7-18-20-9-8-19(16(2)15-25)23(20,4)11-10-21(18)22/h16-21,25-26H,5-15H2,1-4H3/t16-,17+,18-,19+,20-,21-,22-,23+,24+/m0/s1. The Morgan fingerprint density at radius 3 is 2.35 bits per heavy atom. The quantitative estimate of drug-likeness (QED) is 0.704. The SMILES string of the molecule is CC[C@@]1(O)CC[C@@]2(C)[C@H](CC[C@@H]3[C@@H]2CC[C@]2(C)[C@@H]([C@@H](C)CO)CC[C@@H]32)C1. The van der Waals surface area contributed by atoms with E-state index in [2.05, 4.69) is 27.7 Å². The van der Waals surface area contributed by atoms with Gasteiger partial charge >= 0.3 is 0 Å². The third kappa shape index (κ3) is 2.65. The molecule has 4 aliphatic carbocycles. The molecule has 0 aliphatic heterocycles. The summed E-state index contributed by atoms with van der Waals surface area (Å²) in [6.45, 7) is 9.96. The Morgan fingerprint density at radius 2 is 1.65 bits per heavy atom. The molecule has 4 fully saturated rings. The number of rotatable bonds is 3. The van der Waals surface area contributed by atoms with Crippen molar-refractivity contribution in [2.75, 3.05) is 6.61 Å². The molecule has 0 heterocycles. The van der Waals surface area contributed by atoms with Crippen LogP contribution in [-0.2, 0) is 0 Å². The maximum absolute atomic E-state index is 10.9. The Balaban J connectivity index is 1.57. The van der Waals surface area contributed by atoms with Crippen LogP contribution in [0.1, 0.15) is 91.9 Å². The lowest BCUT2D eigenvalue weighted by Crippen LogP contribution is -2.56. The van der Waals surface area contributed by atoms with Crippen LogP contribution in [0.4, 0.5) is 0 Å². The van der Waals surface area contributed by atoms with Crippen LogP contribution in [0, 0.1) is 46.3 Å². The molecule has 2 heteroatoms. The first-order valence-electron chi connectivity index (χ1n) is 11.6. The zero-order valence-corrected chi connectivity index (χ0v) is 17.6. The van der Waals surface area contributed by atoms with Crippen LogP contribution in [0.15, 0.2) is 0 Å². The van der Waals surface area contributed by atoms with Crippen LogP contribution in [0.5, 0.6) is 0 Å². The highest BCUT2D eigenvalue weighted by Gasteiger charge is 2.61. The van der Waals surface area contributed by atoms with Gasteiger partial charge in [-0.3, -0.25) is 0 Å². The van der Waals surface area contributed by atoms with Gasteiger partial charge in [0.05, 0.1) is 5.60 Å². The molecule has 2 N–H and O–H groups in total. The lowest BCUT2D eigenvalue weighted by Gasteiger charge is -2.62. The number of aliphatic hydroxyl groups is 2. The fourth-order valence-electron chi connectivity index (χ4n) is 8.75. The second-order valence-electron chi connectivity index (χ2n) is 11.3. The van der Waals surface area contributed by atoms with Crippen molar-refractivity contribution in [3.63, 3.8) is 0 Å². The number of hydrogen-bond acceptors (Lipinski definition) is 2. The minimum atomic E-state index is -0.380. The van der Waals surface area contributed by atoms with E-state index in [1.54, 1.807) is 0 Å². The molecule has 0 unspecified atom stereocenters. The molecule has 2 nitrogen and oxygen atoms in total. The van der Waals surface area contributed by atoms with Gasteiger partial charge in [-0.15, -0.1) is 0 Å². The Hall–Kier alpha value is -0.0800. The Bertz CT molecular complexity index is 532. The molecule has 0 saturated heterocycles. The van der Waals surface area contributed by atoms with Gasteiger partial charge in [0.25, 0.3) is 0 Å². The molecular formula is C24H42O2. The van der Waals surface area contributed by atoms with E-state index in [4.69, 9.17) is 0 Å². The van der Waals surface area contributed by atoms with Crippen molar-refractivity contribution >= 4 is 0 Å². The van der Waals surface area contributed by atoms with Crippen molar-refractivity contribution in [2.45, 2.75) is 97.5 Å². The predicted octanol–water partition coefficient (Wildman–Crippen LogP) is 5.41. The highest BCUT2D eigenvalue weighted by Crippen LogP contribution is 2.68. The minimum Gasteiger partial charge on any atom is -0.396 e. The van der Waals surface area contributed by atoms with Gasteiger partial charge in [-0.25, -0.2) is 0 Å². The van der Waals surface area contributed by atoms with Crippen LogP contribution < -0.4 is 0 Å². The van der Waals surface area contributed by atoms with E-state index in [9.17, 15) is 10.2 Å². The number of fused-ring (bicyclic) bond motifs is 5. The van der Waals surface area contributed by atoms with Gasteiger partial charge in [0.1, 0.15) is 0 Å². The Kier molecular flexibility index (Phi) is 4.79. The van der Waals surface area contributed by atoms with E-state index < -0.39 is 0 Å². The molecule has 4 rings (SSSR count).